The average Bonchev–Trinajstić information content (AvgIpc) is 2.79. The molecule has 0 saturated carbocycles. The van der Waals surface area contributed by atoms with E-state index in [1.54, 1.807) is 0 Å². The third-order valence-electron chi connectivity index (χ3n) is 3.73. The predicted molar refractivity (Wildman–Crippen MR) is 69.1 cm³/mol. The molecule has 3 nitrogen and oxygen atoms in total. The van der Waals surface area contributed by atoms with Gasteiger partial charge in [-0.3, -0.25) is 0 Å². The maximum Gasteiger partial charge on any atom is 0.0588 e. The molecule has 0 radical (unpaired) electrons. The van der Waals surface area contributed by atoms with Crippen LogP contribution in [0, 0.1) is 5.92 Å². The maximum absolute atomic E-state index is 5.73. The fourth-order valence-corrected chi connectivity index (χ4v) is 2.75. The highest BCUT2D eigenvalue weighted by Gasteiger charge is 2.21. The van der Waals surface area contributed by atoms with Crippen molar-refractivity contribution in [3.05, 3.63) is 0 Å². The Bertz CT molecular complexity index is 186. The SMILES string of the molecule is Cl.NCC1CCCN(CCC2CCCO2)C1. The zero-order valence-corrected chi connectivity index (χ0v) is 10.9. The van der Waals surface area contributed by atoms with Crippen molar-refractivity contribution in [1.29, 1.82) is 0 Å². The smallest absolute Gasteiger partial charge is 0.0588 e. The van der Waals surface area contributed by atoms with Gasteiger partial charge in [0.1, 0.15) is 0 Å². The molecular weight excluding hydrogens is 224 g/mol. The summed E-state index contributed by atoms with van der Waals surface area (Å²) in [5.41, 5.74) is 5.73. The van der Waals surface area contributed by atoms with Crippen molar-refractivity contribution in [2.75, 3.05) is 32.8 Å². The van der Waals surface area contributed by atoms with Gasteiger partial charge in [-0.25, -0.2) is 0 Å². The van der Waals surface area contributed by atoms with Crippen LogP contribution in [0.5, 0.6) is 0 Å². The molecule has 4 heteroatoms. The van der Waals surface area contributed by atoms with Crippen molar-refractivity contribution in [2.24, 2.45) is 11.7 Å². The first kappa shape index (κ1) is 14.2. The van der Waals surface area contributed by atoms with Crippen LogP contribution < -0.4 is 5.73 Å². The summed E-state index contributed by atoms with van der Waals surface area (Å²) in [5, 5.41) is 0. The van der Waals surface area contributed by atoms with Crippen molar-refractivity contribution in [3.8, 4) is 0 Å². The number of hydrogen-bond acceptors (Lipinski definition) is 3. The van der Waals surface area contributed by atoms with E-state index in [9.17, 15) is 0 Å². The monoisotopic (exact) mass is 248 g/mol. The van der Waals surface area contributed by atoms with Gasteiger partial charge in [0, 0.05) is 19.7 Å². The van der Waals surface area contributed by atoms with Crippen LogP contribution in [0.1, 0.15) is 32.1 Å². The fourth-order valence-electron chi connectivity index (χ4n) is 2.75. The lowest BCUT2D eigenvalue weighted by Gasteiger charge is -2.32. The minimum absolute atomic E-state index is 0. The number of nitrogens with zero attached hydrogens (tertiary/aromatic N) is 1. The number of piperidine rings is 1. The highest BCUT2D eigenvalue weighted by Crippen LogP contribution is 2.19. The summed E-state index contributed by atoms with van der Waals surface area (Å²) < 4.78 is 5.65. The molecule has 0 spiro atoms. The van der Waals surface area contributed by atoms with Gasteiger partial charge in [-0.2, -0.15) is 0 Å². The highest BCUT2D eigenvalue weighted by atomic mass is 35.5. The summed E-state index contributed by atoms with van der Waals surface area (Å²) >= 11 is 0. The summed E-state index contributed by atoms with van der Waals surface area (Å²) in [7, 11) is 0. The van der Waals surface area contributed by atoms with Crippen molar-refractivity contribution in [1.82, 2.24) is 4.90 Å². The van der Waals surface area contributed by atoms with Crippen LogP contribution in [-0.4, -0.2) is 43.8 Å². The van der Waals surface area contributed by atoms with E-state index in [4.69, 9.17) is 10.5 Å². The van der Waals surface area contributed by atoms with Gasteiger partial charge in [-0.1, -0.05) is 0 Å². The molecule has 0 bridgehead atoms. The van der Waals surface area contributed by atoms with Gasteiger partial charge in [-0.05, 0) is 51.1 Å². The largest absolute Gasteiger partial charge is 0.378 e. The third-order valence-corrected chi connectivity index (χ3v) is 3.73. The molecule has 96 valence electrons. The number of halogens is 1. The lowest BCUT2D eigenvalue weighted by Crippen LogP contribution is -2.39. The topological polar surface area (TPSA) is 38.5 Å². The summed E-state index contributed by atoms with van der Waals surface area (Å²) in [5.74, 6) is 0.739. The van der Waals surface area contributed by atoms with Crippen LogP contribution in [0.25, 0.3) is 0 Å². The minimum atomic E-state index is 0. The van der Waals surface area contributed by atoms with E-state index < -0.39 is 0 Å². The lowest BCUT2D eigenvalue weighted by atomic mass is 9.98. The van der Waals surface area contributed by atoms with Crippen molar-refractivity contribution in [2.45, 2.75) is 38.2 Å². The van der Waals surface area contributed by atoms with Gasteiger partial charge in [-0.15, -0.1) is 12.4 Å². The van der Waals surface area contributed by atoms with E-state index >= 15 is 0 Å². The summed E-state index contributed by atoms with van der Waals surface area (Å²) in [4.78, 5) is 2.57. The average molecular weight is 249 g/mol. The summed E-state index contributed by atoms with van der Waals surface area (Å²) in [6, 6.07) is 0. The first-order chi connectivity index (χ1) is 7.38. The van der Waals surface area contributed by atoms with Gasteiger partial charge in [0.05, 0.1) is 6.10 Å². The molecule has 2 heterocycles. The van der Waals surface area contributed by atoms with Crippen LogP contribution in [0.2, 0.25) is 0 Å². The normalized spacial score (nSPS) is 31.3. The molecule has 0 aliphatic carbocycles. The van der Waals surface area contributed by atoms with Crippen molar-refractivity contribution >= 4 is 12.4 Å². The Labute approximate surface area is 105 Å². The molecule has 2 fully saturated rings. The van der Waals surface area contributed by atoms with Crippen molar-refractivity contribution in [3.63, 3.8) is 0 Å². The molecule has 0 aromatic heterocycles. The third kappa shape index (κ3) is 4.21. The molecule has 0 aromatic carbocycles. The van der Waals surface area contributed by atoms with Crippen LogP contribution in [0.15, 0.2) is 0 Å². The van der Waals surface area contributed by atoms with E-state index in [2.05, 4.69) is 4.90 Å². The number of ether oxygens (including phenoxy) is 1. The molecule has 2 aliphatic heterocycles. The first-order valence-electron chi connectivity index (χ1n) is 6.42. The molecule has 2 saturated heterocycles. The molecule has 2 unspecified atom stereocenters. The highest BCUT2D eigenvalue weighted by molar-refractivity contribution is 5.85. The van der Waals surface area contributed by atoms with E-state index in [1.807, 2.05) is 0 Å². The van der Waals surface area contributed by atoms with E-state index in [1.165, 1.54) is 51.7 Å². The minimum Gasteiger partial charge on any atom is -0.378 e. The van der Waals surface area contributed by atoms with Gasteiger partial charge in [0.25, 0.3) is 0 Å². The van der Waals surface area contributed by atoms with Gasteiger partial charge in [0.2, 0.25) is 0 Å². The summed E-state index contributed by atoms with van der Waals surface area (Å²) in [6.07, 6.45) is 6.95. The predicted octanol–water partition coefficient (Wildman–Crippen LogP) is 1.65. The second kappa shape index (κ2) is 7.49. The number of likely N-dealkylation sites (tertiary alicyclic amines) is 1. The Balaban J connectivity index is 0.00000128. The number of hydrogen-bond donors (Lipinski definition) is 1. The molecule has 2 aliphatic rings. The lowest BCUT2D eigenvalue weighted by molar-refractivity contribution is 0.0837. The number of rotatable bonds is 4. The first-order valence-corrected chi connectivity index (χ1v) is 6.42. The Hall–Kier alpha value is 0.170. The van der Waals surface area contributed by atoms with Gasteiger partial charge in [0.15, 0.2) is 0 Å². The maximum atomic E-state index is 5.73. The van der Waals surface area contributed by atoms with Crippen LogP contribution in [0.3, 0.4) is 0 Å². The molecule has 0 amide bonds. The Morgan fingerprint density at radius 2 is 2.12 bits per heavy atom. The molecule has 0 aromatic rings. The van der Waals surface area contributed by atoms with Gasteiger partial charge < -0.3 is 15.4 Å². The molecular formula is C12H25ClN2O. The standard InChI is InChI=1S/C12H24N2O.ClH/c13-9-11-3-1-6-14(10-11)7-5-12-4-2-8-15-12;/h11-12H,1-10,13H2;1H. The summed E-state index contributed by atoms with van der Waals surface area (Å²) in [6.45, 7) is 5.53. The zero-order valence-electron chi connectivity index (χ0n) is 10.1. The van der Waals surface area contributed by atoms with E-state index in [0.717, 1.165) is 19.1 Å². The molecule has 2 N–H and O–H groups in total. The Morgan fingerprint density at radius 1 is 1.25 bits per heavy atom. The molecule has 2 rings (SSSR count). The second-order valence-electron chi connectivity index (χ2n) is 4.97. The van der Waals surface area contributed by atoms with E-state index in [-0.39, 0.29) is 12.4 Å². The Kier molecular flexibility index (Phi) is 6.66. The zero-order chi connectivity index (χ0) is 10.5. The number of nitrogens with two attached hydrogens (primary N) is 1. The fraction of sp³-hybridized carbons (Fsp3) is 1.00. The van der Waals surface area contributed by atoms with Crippen LogP contribution in [0.4, 0.5) is 0 Å². The van der Waals surface area contributed by atoms with Crippen LogP contribution >= 0.6 is 12.4 Å². The van der Waals surface area contributed by atoms with Gasteiger partial charge >= 0.3 is 0 Å². The Morgan fingerprint density at radius 3 is 2.81 bits per heavy atom. The van der Waals surface area contributed by atoms with Crippen molar-refractivity contribution < 1.29 is 4.74 Å². The second-order valence-corrected chi connectivity index (χ2v) is 4.97. The molecule has 2 atom stereocenters. The van der Waals surface area contributed by atoms with E-state index in [0.29, 0.717) is 6.10 Å². The quantitative estimate of drug-likeness (QED) is 0.822. The van der Waals surface area contributed by atoms with Crippen LogP contribution in [-0.2, 0) is 4.74 Å². The molecule has 16 heavy (non-hydrogen) atoms.